The van der Waals surface area contributed by atoms with E-state index < -0.39 is 16.1 Å². The molecule has 0 aromatic heterocycles. The normalized spacial score (nSPS) is 18.1. The lowest BCUT2D eigenvalue weighted by Gasteiger charge is -2.29. The molecule has 1 aromatic rings. The van der Waals surface area contributed by atoms with Crippen LogP contribution >= 0.6 is 23.8 Å². The molecule has 5 nitrogen and oxygen atoms in total. The fourth-order valence-electron chi connectivity index (χ4n) is 2.08. The van der Waals surface area contributed by atoms with Crippen molar-refractivity contribution < 1.29 is 13.5 Å². The summed E-state index contributed by atoms with van der Waals surface area (Å²) in [5.41, 5.74) is 5.98. The molecule has 0 unspecified atom stereocenters. The highest BCUT2D eigenvalue weighted by Gasteiger charge is 2.30. The molecule has 8 heteroatoms. The number of halogens is 1. The van der Waals surface area contributed by atoms with Crippen molar-refractivity contribution in [1.82, 2.24) is 4.31 Å². The number of nitrogens with zero attached hydrogens (tertiary/aromatic N) is 1. The number of thiocarbonyl (C=S) groups is 1. The largest absolute Gasteiger partial charge is 0.393 e. The Morgan fingerprint density at radius 2 is 2.00 bits per heavy atom. The maximum Gasteiger partial charge on any atom is 0.244 e. The second kappa shape index (κ2) is 5.95. The van der Waals surface area contributed by atoms with Crippen LogP contribution in [-0.2, 0) is 10.0 Å². The van der Waals surface area contributed by atoms with Crippen LogP contribution in [0.4, 0.5) is 0 Å². The van der Waals surface area contributed by atoms with E-state index in [0.29, 0.717) is 18.4 Å². The number of aliphatic hydroxyl groups excluding tert-OH is 1. The van der Waals surface area contributed by atoms with Crippen molar-refractivity contribution in [3.8, 4) is 0 Å². The molecule has 1 heterocycles. The van der Waals surface area contributed by atoms with Crippen LogP contribution in [0.15, 0.2) is 23.1 Å². The standard InChI is InChI=1S/C12H15ClN2O3S2/c13-10-2-1-8(12(14)19)7-11(10)20(17,18)15-5-3-9(16)4-6-15/h1-2,7,9,16H,3-6H2,(H2,14,19). The molecule has 0 radical (unpaired) electrons. The molecule has 20 heavy (non-hydrogen) atoms. The molecule has 0 aliphatic carbocycles. The Balaban J connectivity index is 2.38. The van der Waals surface area contributed by atoms with Gasteiger partial charge < -0.3 is 10.8 Å². The lowest BCUT2D eigenvalue weighted by molar-refractivity contribution is 0.113. The molecule has 0 saturated carbocycles. The van der Waals surface area contributed by atoms with Gasteiger partial charge in [-0.3, -0.25) is 0 Å². The predicted octanol–water partition coefficient (Wildman–Crippen LogP) is 1.12. The van der Waals surface area contributed by atoms with Crippen molar-refractivity contribution in [3.63, 3.8) is 0 Å². The summed E-state index contributed by atoms with van der Waals surface area (Å²) in [7, 11) is -3.70. The first-order valence-corrected chi connectivity index (χ1v) is 8.32. The summed E-state index contributed by atoms with van der Waals surface area (Å²) < 4.78 is 26.5. The Labute approximate surface area is 128 Å². The summed E-state index contributed by atoms with van der Waals surface area (Å²) >= 11 is 10.8. The molecule has 1 saturated heterocycles. The Kier molecular flexibility index (Phi) is 4.66. The minimum Gasteiger partial charge on any atom is -0.393 e. The Morgan fingerprint density at radius 1 is 1.40 bits per heavy atom. The van der Waals surface area contributed by atoms with E-state index in [1.54, 1.807) is 6.07 Å². The minimum absolute atomic E-state index is 0.000793. The molecular weight excluding hydrogens is 320 g/mol. The monoisotopic (exact) mass is 334 g/mol. The first-order chi connectivity index (χ1) is 9.32. The number of hydrogen-bond donors (Lipinski definition) is 2. The van der Waals surface area contributed by atoms with Gasteiger partial charge in [-0.1, -0.05) is 29.9 Å². The minimum atomic E-state index is -3.70. The number of rotatable bonds is 3. The zero-order chi connectivity index (χ0) is 14.9. The first kappa shape index (κ1) is 15.7. The Bertz CT molecular complexity index is 626. The summed E-state index contributed by atoms with van der Waals surface area (Å²) in [6.45, 7) is 0.550. The van der Waals surface area contributed by atoms with E-state index in [2.05, 4.69) is 0 Å². The van der Waals surface area contributed by atoms with Gasteiger partial charge in [0, 0.05) is 18.7 Å². The number of piperidine rings is 1. The summed E-state index contributed by atoms with van der Waals surface area (Å²) in [6, 6.07) is 4.45. The van der Waals surface area contributed by atoms with E-state index in [9.17, 15) is 13.5 Å². The van der Waals surface area contributed by atoms with E-state index in [-0.39, 0.29) is 28.0 Å². The van der Waals surface area contributed by atoms with Crippen LogP contribution in [-0.4, -0.2) is 42.0 Å². The second-order valence-corrected chi connectivity index (χ2v) is 7.40. The third-order valence-corrected chi connectivity index (χ3v) is 5.87. The number of hydrogen-bond acceptors (Lipinski definition) is 4. The molecule has 0 amide bonds. The summed E-state index contributed by atoms with van der Waals surface area (Å²) in [6.07, 6.45) is 0.400. The van der Waals surface area contributed by atoms with Crippen LogP contribution in [0.5, 0.6) is 0 Å². The quantitative estimate of drug-likeness (QED) is 0.809. The first-order valence-electron chi connectivity index (χ1n) is 6.10. The van der Waals surface area contributed by atoms with Gasteiger partial charge >= 0.3 is 0 Å². The van der Waals surface area contributed by atoms with Crippen LogP contribution < -0.4 is 5.73 Å². The lowest BCUT2D eigenvalue weighted by Crippen LogP contribution is -2.40. The lowest BCUT2D eigenvalue weighted by atomic mass is 10.1. The predicted molar refractivity (Wildman–Crippen MR) is 81.3 cm³/mol. The number of nitrogens with two attached hydrogens (primary N) is 1. The fraction of sp³-hybridized carbons (Fsp3) is 0.417. The highest BCUT2D eigenvalue weighted by Crippen LogP contribution is 2.27. The molecule has 0 atom stereocenters. The van der Waals surface area contributed by atoms with Gasteiger partial charge in [0.15, 0.2) is 0 Å². The molecule has 1 fully saturated rings. The zero-order valence-electron chi connectivity index (χ0n) is 10.6. The van der Waals surface area contributed by atoms with Crippen molar-refractivity contribution in [2.45, 2.75) is 23.8 Å². The molecule has 1 aliphatic heterocycles. The molecule has 2 rings (SSSR count). The number of aliphatic hydroxyl groups is 1. The third kappa shape index (κ3) is 3.12. The maximum absolute atomic E-state index is 12.6. The SMILES string of the molecule is NC(=S)c1ccc(Cl)c(S(=O)(=O)N2CCC(O)CC2)c1. The fourth-order valence-corrected chi connectivity index (χ4v) is 4.17. The van der Waals surface area contributed by atoms with Crippen molar-refractivity contribution in [1.29, 1.82) is 0 Å². The molecule has 0 spiro atoms. The van der Waals surface area contributed by atoms with E-state index >= 15 is 0 Å². The topological polar surface area (TPSA) is 83.6 Å². The van der Waals surface area contributed by atoms with E-state index in [1.165, 1.54) is 16.4 Å². The van der Waals surface area contributed by atoms with E-state index in [0.717, 1.165) is 0 Å². The molecule has 110 valence electrons. The Hall–Kier alpha value is -0.730. The molecular formula is C12H15ClN2O3S2. The van der Waals surface area contributed by atoms with E-state index in [4.69, 9.17) is 29.6 Å². The van der Waals surface area contributed by atoms with Gasteiger partial charge in [0.1, 0.15) is 9.88 Å². The number of sulfonamides is 1. The molecule has 1 aliphatic rings. The van der Waals surface area contributed by atoms with Crippen LogP contribution in [0, 0.1) is 0 Å². The van der Waals surface area contributed by atoms with Crippen molar-refractivity contribution in [3.05, 3.63) is 28.8 Å². The Morgan fingerprint density at radius 3 is 2.55 bits per heavy atom. The van der Waals surface area contributed by atoms with E-state index in [1.807, 2.05) is 0 Å². The van der Waals surface area contributed by atoms with Gasteiger partial charge in [0.2, 0.25) is 10.0 Å². The van der Waals surface area contributed by atoms with Gasteiger partial charge in [0.05, 0.1) is 11.1 Å². The molecule has 0 bridgehead atoms. The molecule has 1 aromatic carbocycles. The van der Waals surface area contributed by atoms with Crippen LogP contribution in [0.25, 0.3) is 0 Å². The van der Waals surface area contributed by atoms with Gasteiger partial charge in [0.25, 0.3) is 0 Å². The smallest absolute Gasteiger partial charge is 0.244 e. The average Bonchev–Trinajstić information content (AvgIpc) is 2.39. The summed E-state index contributed by atoms with van der Waals surface area (Å²) in [5, 5.41) is 9.59. The summed E-state index contributed by atoms with van der Waals surface area (Å²) in [4.78, 5) is 0.119. The van der Waals surface area contributed by atoms with Gasteiger partial charge in [-0.05, 0) is 25.0 Å². The van der Waals surface area contributed by atoms with Crippen LogP contribution in [0.2, 0.25) is 5.02 Å². The second-order valence-electron chi connectivity index (χ2n) is 4.64. The highest BCUT2D eigenvalue weighted by molar-refractivity contribution is 7.89. The van der Waals surface area contributed by atoms with Gasteiger partial charge in [-0.25, -0.2) is 8.42 Å². The van der Waals surface area contributed by atoms with Gasteiger partial charge in [-0.2, -0.15) is 4.31 Å². The van der Waals surface area contributed by atoms with Crippen molar-refractivity contribution >= 4 is 38.8 Å². The summed E-state index contributed by atoms with van der Waals surface area (Å²) in [5.74, 6) is 0. The highest BCUT2D eigenvalue weighted by atomic mass is 35.5. The molecule has 3 N–H and O–H groups in total. The number of benzene rings is 1. The van der Waals surface area contributed by atoms with Crippen LogP contribution in [0.3, 0.4) is 0 Å². The van der Waals surface area contributed by atoms with Gasteiger partial charge in [-0.15, -0.1) is 0 Å². The maximum atomic E-state index is 12.6. The third-order valence-electron chi connectivity index (χ3n) is 3.26. The average molecular weight is 335 g/mol. The van der Waals surface area contributed by atoms with Crippen LogP contribution in [0.1, 0.15) is 18.4 Å². The van der Waals surface area contributed by atoms with Crippen molar-refractivity contribution in [2.24, 2.45) is 5.73 Å². The van der Waals surface area contributed by atoms with Crippen molar-refractivity contribution in [2.75, 3.05) is 13.1 Å². The zero-order valence-corrected chi connectivity index (χ0v) is 13.0.